The molecule has 2 atom stereocenters. The van der Waals surface area contributed by atoms with E-state index in [1.165, 1.54) is 12.1 Å². The largest absolute Gasteiger partial charge is 0.333 e. The van der Waals surface area contributed by atoms with Crippen molar-refractivity contribution in [3.63, 3.8) is 0 Å². The molecule has 0 bridgehead atoms. The second-order valence-electron chi connectivity index (χ2n) is 3.98. The van der Waals surface area contributed by atoms with E-state index in [0.717, 1.165) is 19.6 Å². The maximum atomic E-state index is 11.0. The zero-order chi connectivity index (χ0) is 10.7. The highest BCUT2D eigenvalue weighted by molar-refractivity contribution is 7.84. The zero-order valence-corrected chi connectivity index (χ0v) is 9.80. The van der Waals surface area contributed by atoms with Gasteiger partial charge in [-0.15, -0.1) is 0 Å². The zero-order valence-electron chi connectivity index (χ0n) is 8.98. The van der Waals surface area contributed by atoms with Crippen LogP contribution in [-0.4, -0.2) is 38.9 Å². The molecule has 0 spiro atoms. The molecule has 15 heavy (non-hydrogen) atoms. The maximum Gasteiger partial charge on any atom is 0.0948 e. The molecule has 2 rings (SSSR count). The summed E-state index contributed by atoms with van der Waals surface area (Å²) in [6.07, 6.45) is 6.71. The maximum absolute atomic E-state index is 11.0. The van der Waals surface area contributed by atoms with E-state index < -0.39 is 10.8 Å². The molecule has 1 saturated heterocycles. The fraction of sp³-hybridized carbons (Fsp3) is 0.700. The Bertz CT molecular complexity index is 344. The van der Waals surface area contributed by atoms with Gasteiger partial charge in [0, 0.05) is 53.7 Å². The van der Waals surface area contributed by atoms with Crippen molar-refractivity contribution in [2.24, 2.45) is 0 Å². The summed E-state index contributed by atoms with van der Waals surface area (Å²) >= 11 is 0. The van der Waals surface area contributed by atoms with Crippen LogP contribution in [-0.2, 0) is 17.3 Å². The molecule has 1 aromatic rings. The van der Waals surface area contributed by atoms with E-state index >= 15 is 0 Å². The predicted molar refractivity (Wildman–Crippen MR) is 61.4 cm³/mol. The minimum Gasteiger partial charge on any atom is -0.333 e. The smallest absolute Gasteiger partial charge is 0.0948 e. The van der Waals surface area contributed by atoms with Crippen LogP contribution in [0.3, 0.4) is 0 Å². The van der Waals surface area contributed by atoms with E-state index in [9.17, 15) is 4.21 Å². The van der Waals surface area contributed by atoms with Gasteiger partial charge in [-0.25, -0.2) is 4.98 Å². The van der Waals surface area contributed by atoms with Crippen molar-refractivity contribution in [3.05, 3.63) is 18.2 Å². The van der Waals surface area contributed by atoms with Crippen LogP contribution in [0.4, 0.5) is 0 Å². The molecule has 84 valence electrons. The van der Waals surface area contributed by atoms with Gasteiger partial charge >= 0.3 is 0 Å². The summed E-state index contributed by atoms with van der Waals surface area (Å²) in [5.74, 6) is 1.29. The Morgan fingerprint density at radius 2 is 2.60 bits per heavy atom. The van der Waals surface area contributed by atoms with E-state index in [4.69, 9.17) is 0 Å². The molecule has 0 saturated carbocycles. The quantitative estimate of drug-likeness (QED) is 0.807. The topological polar surface area (TPSA) is 46.9 Å². The number of rotatable bonds is 4. The Balaban J connectivity index is 2.04. The standard InChI is InChI=1S/C10H17N3OS/c1-15(14)5-4-13-8-12-7-10(13)9-2-3-11-6-9/h7-9,11H,2-6H2,1H3. The summed E-state index contributed by atoms with van der Waals surface area (Å²) in [5, 5.41) is 3.35. The average molecular weight is 227 g/mol. The highest BCUT2D eigenvalue weighted by Gasteiger charge is 2.19. The van der Waals surface area contributed by atoms with Gasteiger partial charge in [0.2, 0.25) is 0 Å². The monoisotopic (exact) mass is 227 g/mol. The van der Waals surface area contributed by atoms with Crippen LogP contribution in [0.5, 0.6) is 0 Å². The molecule has 1 fully saturated rings. The minimum absolute atomic E-state index is 0.581. The Hall–Kier alpha value is -0.680. The van der Waals surface area contributed by atoms with Gasteiger partial charge in [-0.1, -0.05) is 0 Å². The fourth-order valence-corrected chi connectivity index (χ4v) is 2.45. The van der Waals surface area contributed by atoms with Crippen molar-refractivity contribution >= 4 is 10.8 Å². The van der Waals surface area contributed by atoms with Gasteiger partial charge in [-0.05, 0) is 13.0 Å². The molecule has 4 nitrogen and oxygen atoms in total. The first-order valence-corrected chi connectivity index (χ1v) is 7.01. The number of aromatic nitrogens is 2. The van der Waals surface area contributed by atoms with Crippen molar-refractivity contribution in [1.29, 1.82) is 0 Å². The van der Waals surface area contributed by atoms with Crippen molar-refractivity contribution in [2.45, 2.75) is 18.9 Å². The Morgan fingerprint density at radius 1 is 1.73 bits per heavy atom. The molecule has 2 unspecified atom stereocenters. The lowest BCUT2D eigenvalue weighted by atomic mass is 10.1. The first-order valence-electron chi connectivity index (χ1n) is 5.28. The molecule has 2 heterocycles. The number of nitrogens with one attached hydrogen (secondary N) is 1. The van der Waals surface area contributed by atoms with Crippen LogP contribution >= 0.6 is 0 Å². The minimum atomic E-state index is -0.724. The van der Waals surface area contributed by atoms with Crippen LogP contribution < -0.4 is 5.32 Å². The summed E-state index contributed by atoms with van der Waals surface area (Å²) in [7, 11) is -0.724. The summed E-state index contributed by atoms with van der Waals surface area (Å²) in [6, 6.07) is 0. The third-order valence-corrected chi connectivity index (χ3v) is 3.60. The molecule has 0 aromatic carbocycles. The molecule has 0 radical (unpaired) electrons. The van der Waals surface area contributed by atoms with E-state index in [-0.39, 0.29) is 0 Å². The van der Waals surface area contributed by atoms with Crippen molar-refractivity contribution < 1.29 is 4.21 Å². The third-order valence-electron chi connectivity index (χ3n) is 2.84. The summed E-state index contributed by atoms with van der Waals surface area (Å²) in [5.41, 5.74) is 1.28. The van der Waals surface area contributed by atoms with E-state index in [1.54, 1.807) is 6.26 Å². The molecule has 0 aliphatic carbocycles. The normalized spacial score (nSPS) is 23.1. The second-order valence-corrected chi connectivity index (χ2v) is 5.53. The summed E-state index contributed by atoms with van der Waals surface area (Å²) in [4.78, 5) is 4.18. The highest BCUT2D eigenvalue weighted by atomic mass is 32.2. The van der Waals surface area contributed by atoms with Gasteiger partial charge in [0.25, 0.3) is 0 Å². The van der Waals surface area contributed by atoms with Gasteiger partial charge < -0.3 is 9.88 Å². The molecule has 0 amide bonds. The van der Waals surface area contributed by atoms with Crippen molar-refractivity contribution in [1.82, 2.24) is 14.9 Å². The summed E-state index contributed by atoms with van der Waals surface area (Å²) < 4.78 is 13.2. The molecular weight excluding hydrogens is 210 g/mol. The van der Waals surface area contributed by atoms with Gasteiger partial charge in [0.15, 0.2) is 0 Å². The van der Waals surface area contributed by atoms with Crippen molar-refractivity contribution in [3.8, 4) is 0 Å². The molecule has 1 aliphatic rings. The number of imidazole rings is 1. The SMILES string of the molecule is CS(=O)CCn1cncc1C1CCNC1. The molecular formula is C10H17N3OS. The fourth-order valence-electron chi connectivity index (χ4n) is 1.99. The number of hydrogen-bond donors (Lipinski definition) is 1. The third kappa shape index (κ3) is 2.66. The first-order chi connectivity index (χ1) is 7.27. The van der Waals surface area contributed by atoms with Crippen LogP contribution in [0, 0.1) is 0 Å². The molecule has 1 aromatic heterocycles. The van der Waals surface area contributed by atoms with E-state index in [1.807, 2.05) is 12.5 Å². The number of nitrogens with zero attached hydrogens (tertiary/aromatic N) is 2. The van der Waals surface area contributed by atoms with Crippen LogP contribution in [0.25, 0.3) is 0 Å². The van der Waals surface area contributed by atoms with E-state index in [2.05, 4.69) is 14.9 Å². The Morgan fingerprint density at radius 3 is 3.27 bits per heavy atom. The van der Waals surface area contributed by atoms with Crippen LogP contribution in [0.1, 0.15) is 18.0 Å². The predicted octanol–water partition coefficient (Wildman–Crippen LogP) is 0.338. The number of aryl methyl sites for hydroxylation is 1. The molecule has 1 aliphatic heterocycles. The van der Waals surface area contributed by atoms with Crippen LogP contribution in [0.15, 0.2) is 12.5 Å². The Kier molecular flexibility index (Phi) is 3.53. The van der Waals surface area contributed by atoms with Gasteiger partial charge in [-0.2, -0.15) is 0 Å². The average Bonchev–Trinajstić information content (AvgIpc) is 2.85. The lowest BCUT2D eigenvalue weighted by Gasteiger charge is -2.11. The van der Waals surface area contributed by atoms with Gasteiger partial charge in [0.05, 0.1) is 6.33 Å². The summed E-state index contributed by atoms with van der Waals surface area (Å²) in [6.45, 7) is 2.95. The first kappa shape index (κ1) is 10.8. The highest BCUT2D eigenvalue weighted by Crippen LogP contribution is 2.21. The second kappa shape index (κ2) is 4.90. The van der Waals surface area contributed by atoms with Crippen molar-refractivity contribution in [2.75, 3.05) is 25.1 Å². The van der Waals surface area contributed by atoms with Gasteiger partial charge in [0.1, 0.15) is 0 Å². The lowest BCUT2D eigenvalue weighted by Crippen LogP contribution is -2.13. The molecule has 5 heteroatoms. The Labute approximate surface area is 92.5 Å². The molecule has 1 N–H and O–H groups in total. The van der Waals surface area contributed by atoms with E-state index in [0.29, 0.717) is 11.7 Å². The number of hydrogen-bond acceptors (Lipinski definition) is 3. The van der Waals surface area contributed by atoms with Crippen LogP contribution in [0.2, 0.25) is 0 Å². The van der Waals surface area contributed by atoms with Gasteiger partial charge in [-0.3, -0.25) is 4.21 Å². The lowest BCUT2D eigenvalue weighted by molar-refractivity contribution is 0.635.